The first-order valence-electron chi connectivity index (χ1n) is 11.5. The zero-order valence-electron chi connectivity index (χ0n) is 19.1. The van der Waals surface area contributed by atoms with Crippen molar-refractivity contribution in [2.45, 2.75) is 26.2 Å². The van der Waals surface area contributed by atoms with Crippen LogP contribution in [0.2, 0.25) is 0 Å². The van der Waals surface area contributed by atoms with E-state index in [1.807, 2.05) is 19.1 Å². The number of para-hydroxylation sites is 2. The van der Waals surface area contributed by atoms with E-state index in [0.717, 1.165) is 15.4 Å². The number of carbonyl (C=O) groups is 2. The summed E-state index contributed by atoms with van der Waals surface area (Å²) in [5.41, 5.74) is 7.01. The number of hydrogen-bond donors (Lipinski definition) is 0. The van der Waals surface area contributed by atoms with Crippen LogP contribution in [0.15, 0.2) is 72.3 Å². The van der Waals surface area contributed by atoms with E-state index >= 15 is 0 Å². The molecular weight excluding hydrogens is 438 g/mol. The molecule has 164 valence electrons. The summed E-state index contributed by atoms with van der Waals surface area (Å²) in [6.45, 7) is 6.46. The maximum atomic E-state index is 13.1. The SMILES string of the molecule is Cc1ccc2c(c1)C(=O)/C(=C\c1cc3c(s1)-n1c4ccccc4c4cccc(c41)C3(C)C)C2=O. The summed E-state index contributed by atoms with van der Waals surface area (Å²) >= 11 is 1.65. The Morgan fingerprint density at radius 1 is 0.824 bits per heavy atom. The first kappa shape index (κ1) is 19.7. The van der Waals surface area contributed by atoms with E-state index < -0.39 is 0 Å². The standard InChI is InChI=1S/C30H21NO2S/c1-16-11-12-20-21(13-16)28(33)22(27(20)32)14-17-15-24-29(34-17)31-25-10-5-4-7-18(25)19-8-6-9-23(26(19)31)30(24,2)3/h4-15H,1-3H3/b22-14-. The molecule has 0 N–H and O–H groups in total. The van der Waals surface area contributed by atoms with E-state index in [1.54, 1.807) is 23.5 Å². The molecule has 0 fully saturated rings. The number of thiophene rings is 1. The summed E-state index contributed by atoms with van der Waals surface area (Å²) in [6.07, 6.45) is 1.80. The summed E-state index contributed by atoms with van der Waals surface area (Å²) in [6, 6.07) is 22.7. The Morgan fingerprint density at radius 3 is 2.44 bits per heavy atom. The van der Waals surface area contributed by atoms with E-state index in [2.05, 4.69) is 66.9 Å². The van der Waals surface area contributed by atoms with Crippen molar-refractivity contribution in [1.29, 1.82) is 0 Å². The molecule has 5 aromatic rings. The predicted octanol–water partition coefficient (Wildman–Crippen LogP) is 7.26. The van der Waals surface area contributed by atoms with Gasteiger partial charge >= 0.3 is 0 Å². The van der Waals surface area contributed by atoms with Crippen molar-refractivity contribution in [3.05, 3.63) is 105 Å². The molecule has 1 aliphatic heterocycles. The number of carbonyl (C=O) groups excluding carboxylic acids is 2. The van der Waals surface area contributed by atoms with Crippen LogP contribution in [0.1, 0.15) is 56.1 Å². The molecule has 3 aromatic carbocycles. The molecule has 4 heteroatoms. The van der Waals surface area contributed by atoms with Crippen LogP contribution in [0.4, 0.5) is 0 Å². The summed E-state index contributed by atoms with van der Waals surface area (Å²) in [7, 11) is 0. The second kappa shape index (κ2) is 6.43. The minimum atomic E-state index is -0.198. The van der Waals surface area contributed by atoms with Gasteiger partial charge in [0.1, 0.15) is 5.00 Å². The van der Waals surface area contributed by atoms with Gasteiger partial charge in [0.2, 0.25) is 0 Å². The van der Waals surface area contributed by atoms with E-state index in [0.29, 0.717) is 11.1 Å². The number of nitrogens with zero attached hydrogens (tertiary/aromatic N) is 1. The maximum absolute atomic E-state index is 13.1. The van der Waals surface area contributed by atoms with E-state index in [4.69, 9.17) is 0 Å². The number of hydrogen-bond acceptors (Lipinski definition) is 3. The zero-order chi connectivity index (χ0) is 23.4. The highest BCUT2D eigenvalue weighted by Crippen LogP contribution is 2.50. The van der Waals surface area contributed by atoms with Crippen LogP contribution < -0.4 is 0 Å². The molecule has 3 heterocycles. The quantitative estimate of drug-likeness (QED) is 0.196. The van der Waals surface area contributed by atoms with Crippen LogP contribution in [0.3, 0.4) is 0 Å². The first-order valence-corrected chi connectivity index (χ1v) is 12.3. The van der Waals surface area contributed by atoms with E-state index in [9.17, 15) is 9.59 Å². The fourth-order valence-electron chi connectivity index (χ4n) is 5.67. The Kier molecular flexibility index (Phi) is 3.72. The Bertz CT molecular complexity index is 1780. The van der Waals surface area contributed by atoms with Gasteiger partial charge in [0.25, 0.3) is 0 Å². The van der Waals surface area contributed by atoms with Gasteiger partial charge in [-0.3, -0.25) is 9.59 Å². The van der Waals surface area contributed by atoms with Crippen molar-refractivity contribution in [3.63, 3.8) is 0 Å². The molecule has 2 aliphatic rings. The molecule has 0 unspecified atom stereocenters. The summed E-state index contributed by atoms with van der Waals surface area (Å²) < 4.78 is 2.36. The zero-order valence-corrected chi connectivity index (χ0v) is 19.9. The number of Topliss-reactive ketones (excluding diaryl/α,β-unsaturated/α-hetero) is 2. The highest BCUT2D eigenvalue weighted by molar-refractivity contribution is 7.15. The van der Waals surface area contributed by atoms with Gasteiger partial charge in [0.15, 0.2) is 11.6 Å². The van der Waals surface area contributed by atoms with Crippen LogP contribution in [-0.4, -0.2) is 16.1 Å². The van der Waals surface area contributed by atoms with Crippen molar-refractivity contribution >= 4 is 50.8 Å². The van der Waals surface area contributed by atoms with Gasteiger partial charge in [0, 0.05) is 32.2 Å². The Hall–Kier alpha value is -3.76. The topological polar surface area (TPSA) is 39.1 Å². The third kappa shape index (κ3) is 2.36. The number of rotatable bonds is 1. The number of aromatic nitrogens is 1. The number of benzene rings is 3. The van der Waals surface area contributed by atoms with Gasteiger partial charge in [-0.2, -0.15) is 0 Å². The third-order valence-corrected chi connectivity index (χ3v) is 8.48. The van der Waals surface area contributed by atoms with Crippen molar-refractivity contribution in [3.8, 4) is 5.00 Å². The number of allylic oxidation sites excluding steroid dienone is 1. The number of aryl methyl sites for hydroxylation is 1. The lowest BCUT2D eigenvalue weighted by atomic mass is 9.76. The molecule has 3 nitrogen and oxygen atoms in total. The van der Waals surface area contributed by atoms with Crippen molar-refractivity contribution in [2.24, 2.45) is 0 Å². The van der Waals surface area contributed by atoms with Gasteiger partial charge in [-0.25, -0.2) is 0 Å². The molecule has 34 heavy (non-hydrogen) atoms. The fraction of sp³-hybridized carbons (Fsp3) is 0.133. The highest BCUT2D eigenvalue weighted by Gasteiger charge is 2.37. The molecule has 0 saturated heterocycles. The fourth-order valence-corrected chi connectivity index (χ4v) is 6.96. The maximum Gasteiger partial charge on any atom is 0.197 e. The van der Waals surface area contributed by atoms with Gasteiger partial charge in [-0.1, -0.05) is 67.9 Å². The van der Waals surface area contributed by atoms with Gasteiger partial charge in [0.05, 0.1) is 16.6 Å². The molecule has 7 rings (SSSR count). The molecule has 0 radical (unpaired) electrons. The lowest BCUT2D eigenvalue weighted by molar-refractivity contribution is 0.0990. The molecule has 0 bridgehead atoms. The van der Waals surface area contributed by atoms with Crippen LogP contribution >= 0.6 is 11.3 Å². The number of ketones is 2. The number of fused-ring (bicyclic) bond motifs is 6. The Labute approximate surface area is 201 Å². The average molecular weight is 460 g/mol. The van der Waals surface area contributed by atoms with E-state index in [-0.39, 0.29) is 22.6 Å². The van der Waals surface area contributed by atoms with Crippen LogP contribution in [0, 0.1) is 6.92 Å². The molecule has 0 amide bonds. The summed E-state index contributed by atoms with van der Waals surface area (Å²) in [5, 5.41) is 3.66. The van der Waals surface area contributed by atoms with Gasteiger partial charge in [-0.15, -0.1) is 11.3 Å². The summed E-state index contributed by atoms with van der Waals surface area (Å²) in [5.74, 6) is -0.353. The van der Waals surface area contributed by atoms with Crippen molar-refractivity contribution < 1.29 is 9.59 Å². The van der Waals surface area contributed by atoms with Crippen LogP contribution in [0.5, 0.6) is 0 Å². The average Bonchev–Trinajstić information content (AvgIpc) is 3.46. The van der Waals surface area contributed by atoms with Gasteiger partial charge in [-0.05, 0) is 42.3 Å². The Balaban J connectivity index is 1.47. The molecule has 0 atom stereocenters. The van der Waals surface area contributed by atoms with E-state index in [1.165, 1.54) is 32.9 Å². The second-order valence-corrected chi connectivity index (χ2v) is 10.9. The molecule has 0 saturated carbocycles. The first-order chi connectivity index (χ1) is 16.4. The second-order valence-electron chi connectivity index (χ2n) is 9.81. The van der Waals surface area contributed by atoms with Crippen molar-refractivity contribution in [1.82, 2.24) is 4.57 Å². The minimum Gasteiger partial charge on any atom is -0.300 e. The van der Waals surface area contributed by atoms with Gasteiger partial charge < -0.3 is 4.57 Å². The monoisotopic (exact) mass is 459 g/mol. The lowest BCUT2D eigenvalue weighted by Crippen LogP contribution is -2.24. The molecule has 1 aliphatic carbocycles. The predicted molar refractivity (Wildman–Crippen MR) is 139 cm³/mol. The third-order valence-electron chi connectivity index (χ3n) is 7.42. The smallest absolute Gasteiger partial charge is 0.197 e. The molecular formula is C30H21NO2S. The van der Waals surface area contributed by atoms with Crippen LogP contribution in [0.25, 0.3) is 32.9 Å². The lowest BCUT2D eigenvalue weighted by Gasteiger charge is -2.32. The normalized spacial score (nSPS) is 17.1. The highest BCUT2D eigenvalue weighted by atomic mass is 32.1. The largest absolute Gasteiger partial charge is 0.300 e. The minimum absolute atomic E-state index is 0.175. The summed E-state index contributed by atoms with van der Waals surface area (Å²) in [4.78, 5) is 27.1. The molecule has 0 spiro atoms. The molecule has 2 aromatic heterocycles. The van der Waals surface area contributed by atoms with Crippen molar-refractivity contribution in [2.75, 3.05) is 0 Å². The van der Waals surface area contributed by atoms with Crippen LogP contribution in [-0.2, 0) is 5.41 Å². The Morgan fingerprint density at radius 2 is 1.59 bits per heavy atom.